The van der Waals surface area contributed by atoms with Crippen LogP contribution >= 0.6 is 0 Å². The SMILES string of the molecule is C[C@@H](CCC(N)=O)Oc1ccc(F)cc1[C@H]1CCCN1C(=O)C(F)(F)F. The normalized spacial score (nSPS) is 18.7. The van der Waals surface area contributed by atoms with E-state index >= 15 is 0 Å². The van der Waals surface area contributed by atoms with Gasteiger partial charge < -0.3 is 15.4 Å². The summed E-state index contributed by atoms with van der Waals surface area (Å²) in [6, 6.07) is 2.62. The molecular formula is C17H20F4N2O3. The summed E-state index contributed by atoms with van der Waals surface area (Å²) < 4.78 is 57.8. The van der Waals surface area contributed by atoms with Gasteiger partial charge in [-0.15, -0.1) is 0 Å². The van der Waals surface area contributed by atoms with Crippen molar-refractivity contribution in [1.82, 2.24) is 4.90 Å². The first-order chi connectivity index (χ1) is 12.1. The number of benzene rings is 1. The summed E-state index contributed by atoms with van der Waals surface area (Å²) in [5.41, 5.74) is 5.27. The molecule has 1 saturated heterocycles. The Morgan fingerprint density at radius 1 is 1.38 bits per heavy atom. The number of primary amides is 1. The Balaban J connectivity index is 2.26. The zero-order valence-corrected chi connectivity index (χ0v) is 14.2. The summed E-state index contributed by atoms with van der Waals surface area (Å²) in [5, 5.41) is 0. The minimum absolute atomic E-state index is 0.0593. The second kappa shape index (κ2) is 7.92. The molecule has 1 fully saturated rings. The van der Waals surface area contributed by atoms with Gasteiger partial charge in [-0.2, -0.15) is 13.2 Å². The zero-order chi connectivity index (χ0) is 19.5. The number of carbonyl (C=O) groups is 2. The smallest absolute Gasteiger partial charge is 0.471 e. The van der Waals surface area contributed by atoms with Gasteiger partial charge in [0.1, 0.15) is 11.6 Å². The van der Waals surface area contributed by atoms with Crippen molar-refractivity contribution in [3.63, 3.8) is 0 Å². The zero-order valence-electron chi connectivity index (χ0n) is 14.2. The van der Waals surface area contributed by atoms with Gasteiger partial charge in [0.05, 0.1) is 12.1 Å². The average molecular weight is 376 g/mol. The molecule has 2 amide bonds. The summed E-state index contributed by atoms with van der Waals surface area (Å²) in [6.45, 7) is 1.61. The molecule has 2 N–H and O–H groups in total. The molecule has 1 heterocycles. The third kappa shape index (κ3) is 4.86. The van der Waals surface area contributed by atoms with Crippen LogP contribution in [-0.2, 0) is 9.59 Å². The largest absolute Gasteiger partial charge is 0.490 e. The van der Waals surface area contributed by atoms with Crippen LogP contribution in [0.15, 0.2) is 18.2 Å². The van der Waals surface area contributed by atoms with Crippen LogP contribution in [0.25, 0.3) is 0 Å². The van der Waals surface area contributed by atoms with Crippen molar-refractivity contribution in [2.45, 2.75) is 50.9 Å². The molecule has 0 aromatic heterocycles. The number of hydrogen-bond donors (Lipinski definition) is 1. The van der Waals surface area contributed by atoms with Crippen molar-refractivity contribution >= 4 is 11.8 Å². The predicted octanol–water partition coefficient (Wildman–Crippen LogP) is 3.08. The highest BCUT2D eigenvalue weighted by Crippen LogP contribution is 2.40. The van der Waals surface area contributed by atoms with Crippen molar-refractivity contribution in [3.05, 3.63) is 29.6 Å². The molecular weight excluding hydrogens is 356 g/mol. The summed E-state index contributed by atoms with van der Waals surface area (Å²) in [5.74, 6) is -2.90. The molecule has 2 atom stereocenters. The van der Waals surface area contributed by atoms with Crippen molar-refractivity contribution < 1.29 is 31.9 Å². The van der Waals surface area contributed by atoms with Gasteiger partial charge >= 0.3 is 12.1 Å². The number of ether oxygens (including phenoxy) is 1. The monoisotopic (exact) mass is 376 g/mol. The maximum absolute atomic E-state index is 13.7. The van der Waals surface area contributed by atoms with Crippen LogP contribution in [0.3, 0.4) is 0 Å². The number of rotatable bonds is 6. The predicted molar refractivity (Wildman–Crippen MR) is 84.7 cm³/mol. The summed E-state index contributed by atoms with van der Waals surface area (Å²) in [4.78, 5) is 23.2. The lowest BCUT2D eigenvalue weighted by Crippen LogP contribution is -2.40. The maximum Gasteiger partial charge on any atom is 0.471 e. The summed E-state index contributed by atoms with van der Waals surface area (Å²) >= 11 is 0. The summed E-state index contributed by atoms with van der Waals surface area (Å²) in [6.07, 6.45) is -4.41. The van der Waals surface area contributed by atoms with E-state index in [2.05, 4.69) is 0 Å². The Kier molecular flexibility index (Phi) is 6.09. The molecule has 1 aliphatic rings. The van der Waals surface area contributed by atoms with Crippen LogP contribution in [0.2, 0.25) is 0 Å². The van der Waals surface area contributed by atoms with Gasteiger partial charge in [0.2, 0.25) is 5.91 Å². The highest BCUT2D eigenvalue weighted by molar-refractivity contribution is 5.82. The molecule has 26 heavy (non-hydrogen) atoms. The van der Waals surface area contributed by atoms with Crippen molar-refractivity contribution in [2.75, 3.05) is 6.54 Å². The molecule has 144 valence electrons. The number of halogens is 4. The second-order valence-electron chi connectivity index (χ2n) is 6.27. The average Bonchev–Trinajstić information content (AvgIpc) is 3.02. The molecule has 0 unspecified atom stereocenters. The minimum Gasteiger partial charge on any atom is -0.490 e. The lowest BCUT2D eigenvalue weighted by Gasteiger charge is -2.28. The first-order valence-corrected chi connectivity index (χ1v) is 8.21. The Bertz CT molecular complexity index is 678. The highest BCUT2D eigenvalue weighted by atomic mass is 19.4. The quantitative estimate of drug-likeness (QED) is 0.776. The Morgan fingerprint density at radius 2 is 2.08 bits per heavy atom. The minimum atomic E-state index is -4.99. The van der Waals surface area contributed by atoms with Crippen molar-refractivity contribution in [1.29, 1.82) is 0 Å². The Hall–Kier alpha value is -2.32. The molecule has 0 radical (unpaired) electrons. The fourth-order valence-electron chi connectivity index (χ4n) is 3.00. The van der Waals surface area contributed by atoms with Crippen LogP contribution in [0.4, 0.5) is 17.6 Å². The number of amides is 2. The van der Waals surface area contributed by atoms with E-state index in [9.17, 15) is 27.2 Å². The van der Waals surface area contributed by atoms with Crippen LogP contribution < -0.4 is 10.5 Å². The lowest BCUT2D eigenvalue weighted by atomic mass is 10.0. The lowest BCUT2D eigenvalue weighted by molar-refractivity contribution is -0.186. The van der Waals surface area contributed by atoms with Gasteiger partial charge in [0, 0.05) is 18.5 Å². The van der Waals surface area contributed by atoms with Gasteiger partial charge in [-0.1, -0.05) is 0 Å². The molecule has 5 nitrogen and oxygen atoms in total. The summed E-state index contributed by atoms with van der Waals surface area (Å²) in [7, 11) is 0. The van der Waals surface area contributed by atoms with Gasteiger partial charge in [-0.3, -0.25) is 9.59 Å². The van der Waals surface area contributed by atoms with Crippen LogP contribution in [0, 0.1) is 5.82 Å². The van der Waals surface area contributed by atoms with E-state index < -0.39 is 36.0 Å². The Labute approximate surface area is 148 Å². The van der Waals surface area contributed by atoms with E-state index in [1.165, 1.54) is 6.07 Å². The van der Waals surface area contributed by atoms with Crippen LogP contribution in [0.5, 0.6) is 5.75 Å². The third-order valence-electron chi connectivity index (χ3n) is 4.21. The van der Waals surface area contributed by atoms with Gasteiger partial charge in [0.25, 0.3) is 0 Å². The Morgan fingerprint density at radius 3 is 2.69 bits per heavy atom. The van der Waals surface area contributed by atoms with E-state index in [0.29, 0.717) is 17.7 Å². The van der Waals surface area contributed by atoms with Crippen molar-refractivity contribution in [3.8, 4) is 5.75 Å². The first-order valence-electron chi connectivity index (χ1n) is 8.21. The number of carbonyl (C=O) groups excluding carboxylic acids is 2. The van der Waals surface area contributed by atoms with Crippen LogP contribution in [-0.4, -0.2) is 35.5 Å². The maximum atomic E-state index is 13.7. The van der Waals surface area contributed by atoms with E-state index in [1.807, 2.05) is 0 Å². The molecule has 9 heteroatoms. The van der Waals surface area contributed by atoms with Crippen molar-refractivity contribution in [2.24, 2.45) is 5.73 Å². The molecule has 1 aliphatic heterocycles. The molecule has 0 bridgehead atoms. The number of alkyl halides is 3. The van der Waals surface area contributed by atoms with E-state index in [1.54, 1.807) is 6.92 Å². The third-order valence-corrected chi connectivity index (χ3v) is 4.21. The topological polar surface area (TPSA) is 72.6 Å². The van der Waals surface area contributed by atoms with Gasteiger partial charge in [0.15, 0.2) is 0 Å². The fourth-order valence-corrected chi connectivity index (χ4v) is 3.00. The molecule has 1 aromatic carbocycles. The van der Waals surface area contributed by atoms with Crippen LogP contribution in [0.1, 0.15) is 44.2 Å². The highest BCUT2D eigenvalue weighted by Gasteiger charge is 2.46. The number of likely N-dealkylation sites (tertiary alicyclic amines) is 1. The number of nitrogens with two attached hydrogens (primary N) is 1. The molecule has 0 aliphatic carbocycles. The first kappa shape index (κ1) is 20.0. The number of nitrogens with zero attached hydrogens (tertiary/aromatic N) is 1. The van der Waals surface area contributed by atoms with Gasteiger partial charge in [-0.25, -0.2) is 4.39 Å². The fraction of sp³-hybridized carbons (Fsp3) is 0.529. The second-order valence-corrected chi connectivity index (χ2v) is 6.27. The molecule has 0 saturated carbocycles. The van der Waals surface area contributed by atoms with E-state index in [0.717, 1.165) is 12.1 Å². The van der Waals surface area contributed by atoms with E-state index in [4.69, 9.17) is 10.5 Å². The molecule has 0 spiro atoms. The number of hydrogen-bond acceptors (Lipinski definition) is 3. The van der Waals surface area contributed by atoms with Gasteiger partial charge in [-0.05, 0) is 44.4 Å². The van der Waals surface area contributed by atoms with E-state index in [-0.39, 0.29) is 30.7 Å². The molecule has 2 rings (SSSR count). The molecule has 1 aromatic rings. The standard InChI is InChI=1S/C17H20F4N2O3/c1-10(4-7-15(22)24)26-14-6-5-11(18)9-12(14)13-3-2-8-23(13)16(25)17(19,20)21/h5-6,9-10,13H,2-4,7-8H2,1H3,(H2,22,24)/t10-,13+/m0/s1.